The van der Waals surface area contributed by atoms with E-state index in [1.165, 1.54) is 10.8 Å². The molecular weight excluding hydrogens is 320 g/mol. The maximum atomic E-state index is 12.4. The van der Waals surface area contributed by atoms with Crippen molar-refractivity contribution in [3.63, 3.8) is 0 Å². The van der Waals surface area contributed by atoms with E-state index in [0.29, 0.717) is 5.56 Å². The predicted molar refractivity (Wildman–Crippen MR) is 108 cm³/mol. The van der Waals surface area contributed by atoms with Gasteiger partial charge in [-0.1, -0.05) is 67.6 Å². The summed E-state index contributed by atoms with van der Waals surface area (Å²) in [4.78, 5) is 12.4. The maximum absolute atomic E-state index is 12.4. The summed E-state index contributed by atoms with van der Waals surface area (Å²) in [7, 11) is 0. The van der Waals surface area contributed by atoms with Gasteiger partial charge in [0, 0.05) is 5.56 Å². The Morgan fingerprint density at radius 2 is 1.65 bits per heavy atom. The Hall–Kier alpha value is -2.91. The fourth-order valence-corrected chi connectivity index (χ4v) is 3.05. The van der Waals surface area contributed by atoms with Crippen LogP contribution in [0, 0.1) is 5.92 Å². The molecule has 26 heavy (non-hydrogen) atoms. The molecule has 0 aromatic heterocycles. The van der Waals surface area contributed by atoms with Crippen LogP contribution in [0.1, 0.15) is 29.8 Å². The van der Waals surface area contributed by atoms with E-state index >= 15 is 0 Å². The monoisotopic (exact) mass is 344 g/mol. The minimum absolute atomic E-state index is 0.0970. The number of hydrogen-bond donors (Lipinski definition) is 2. The SMILES string of the molecule is C=C[C@@H](C)[C@@](C)(NNC(=O)c1ccccc1)c1ccc2ccccc2c1. The number of amides is 1. The second-order valence-electron chi connectivity index (χ2n) is 6.73. The summed E-state index contributed by atoms with van der Waals surface area (Å²) in [5.41, 5.74) is 7.34. The van der Waals surface area contributed by atoms with Crippen molar-refractivity contribution in [3.05, 3.63) is 96.6 Å². The van der Waals surface area contributed by atoms with Crippen molar-refractivity contribution in [1.29, 1.82) is 0 Å². The number of benzene rings is 3. The van der Waals surface area contributed by atoms with Crippen molar-refractivity contribution in [2.75, 3.05) is 0 Å². The molecule has 3 nitrogen and oxygen atoms in total. The molecule has 0 saturated heterocycles. The van der Waals surface area contributed by atoms with E-state index in [1.807, 2.05) is 36.4 Å². The largest absolute Gasteiger partial charge is 0.287 e. The molecule has 3 aromatic rings. The van der Waals surface area contributed by atoms with Crippen molar-refractivity contribution in [3.8, 4) is 0 Å². The first kappa shape index (κ1) is 17.9. The topological polar surface area (TPSA) is 41.1 Å². The van der Waals surface area contributed by atoms with Crippen LogP contribution in [0.2, 0.25) is 0 Å². The average Bonchev–Trinajstić information content (AvgIpc) is 2.71. The summed E-state index contributed by atoms with van der Waals surface area (Å²) in [6, 6.07) is 23.8. The molecule has 3 rings (SSSR count). The van der Waals surface area contributed by atoms with E-state index in [2.05, 4.69) is 61.6 Å². The van der Waals surface area contributed by atoms with Gasteiger partial charge >= 0.3 is 0 Å². The summed E-state index contributed by atoms with van der Waals surface area (Å²) in [6.07, 6.45) is 1.90. The summed E-state index contributed by atoms with van der Waals surface area (Å²) >= 11 is 0. The van der Waals surface area contributed by atoms with Crippen LogP contribution < -0.4 is 10.9 Å². The molecule has 2 N–H and O–H groups in total. The first-order valence-corrected chi connectivity index (χ1v) is 8.79. The minimum Gasteiger partial charge on any atom is -0.287 e. The van der Waals surface area contributed by atoms with Gasteiger partial charge in [-0.05, 0) is 47.4 Å². The Labute approximate surface area is 154 Å². The Morgan fingerprint density at radius 1 is 1.00 bits per heavy atom. The highest BCUT2D eigenvalue weighted by molar-refractivity contribution is 5.93. The van der Waals surface area contributed by atoms with Crippen LogP contribution in [0.3, 0.4) is 0 Å². The third-order valence-electron chi connectivity index (χ3n) is 5.09. The molecule has 0 unspecified atom stereocenters. The van der Waals surface area contributed by atoms with Gasteiger partial charge in [-0.15, -0.1) is 6.58 Å². The van der Waals surface area contributed by atoms with Gasteiger partial charge in [0.15, 0.2) is 0 Å². The third kappa shape index (κ3) is 3.53. The standard InChI is InChI=1S/C23H24N2O/c1-4-17(2)23(3,25-24-22(26)19-11-6-5-7-12-19)21-15-14-18-10-8-9-13-20(18)16-21/h4-17,25H,1H2,2-3H3,(H,24,26)/t17-,23-/m1/s1. The summed E-state index contributed by atoms with van der Waals surface area (Å²) < 4.78 is 0. The van der Waals surface area contributed by atoms with Crippen molar-refractivity contribution in [2.24, 2.45) is 5.92 Å². The summed E-state index contributed by atoms with van der Waals surface area (Å²) in [5.74, 6) is -0.0615. The molecule has 3 heteroatoms. The van der Waals surface area contributed by atoms with Gasteiger partial charge in [0.25, 0.3) is 5.91 Å². The van der Waals surface area contributed by atoms with Gasteiger partial charge < -0.3 is 0 Å². The van der Waals surface area contributed by atoms with Crippen LogP contribution >= 0.6 is 0 Å². The molecule has 0 radical (unpaired) electrons. The quantitative estimate of drug-likeness (QED) is 0.497. The molecule has 1 amide bonds. The number of carbonyl (C=O) groups is 1. The smallest absolute Gasteiger partial charge is 0.265 e. The van der Waals surface area contributed by atoms with Gasteiger partial charge in [0.1, 0.15) is 0 Å². The second-order valence-corrected chi connectivity index (χ2v) is 6.73. The zero-order chi connectivity index (χ0) is 18.6. The van der Waals surface area contributed by atoms with E-state index in [9.17, 15) is 4.79 Å². The number of hydrogen-bond acceptors (Lipinski definition) is 2. The zero-order valence-electron chi connectivity index (χ0n) is 15.2. The molecule has 0 aliphatic rings. The Balaban J connectivity index is 1.90. The highest BCUT2D eigenvalue weighted by atomic mass is 16.2. The van der Waals surface area contributed by atoms with Gasteiger partial charge in [-0.3, -0.25) is 10.2 Å². The lowest BCUT2D eigenvalue weighted by molar-refractivity contribution is 0.0894. The predicted octanol–water partition coefficient (Wildman–Crippen LogP) is 4.81. The molecule has 0 saturated carbocycles. The first-order chi connectivity index (χ1) is 12.5. The second kappa shape index (κ2) is 7.54. The number of fused-ring (bicyclic) bond motifs is 1. The molecule has 3 aromatic carbocycles. The Kier molecular flexibility index (Phi) is 5.19. The van der Waals surface area contributed by atoms with E-state index in [0.717, 1.165) is 5.56 Å². The molecular formula is C23H24N2O. The fraction of sp³-hybridized carbons (Fsp3) is 0.174. The zero-order valence-corrected chi connectivity index (χ0v) is 15.2. The van der Waals surface area contributed by atoms with Crippen LogP contribution in [-0.4, -0.2) is 5.91 Å². The van der Waals surface area contributed by atoms with E-state index in [1.54, 1.807) is 12.1 Å². The van der Waals surface area contributed by atoms with Crippen LogP contribution in [-0.2, 0) is 5.54 Å². The van der Waals surface area contributed by atoms with Crippen LogP contribution in [0.4, 0.5) is 0 Å². The van der Waals surface area contributed by atoms with E-state index < -0.39 is 5.54 Å². The summed E-state index contributed by atoms with van der Waals surface area (Å²) in [6.45, 7) is 8.11. The van der Waals surface area contributed by atoms with E-state index in [4.69, 9.17) is 0 Å². The van der Waals surface area contributed by atoms with Crippen molar-refractivity contribution in [2.45, 2.75) is 19.4 Å². The molecule has 132 valence electrons. The molecule has 0 bridgehead atoms. The number of nitrogens with one attached hydrogen (secondary N) is 2. The van der Waals surface area contributed by atoms with E-state index in [-0.39, 0.29) is 11.8 Å². The minimum atomic E-state index is -0.490. The number of rotatable bonds is 6. The molecule has 2 atom stereocenters. The van der Waals surface area contributed by atoms with Crippen molar-refractivity contribution < 1.29 is 4.79 Å². The van der Waals surface area contributed by atoms with Crippen LogP contribution in [0.5, 0.6) is 0 Å². The fourth-order valence-electron chi connectivity index (χ4n) is 3.05. The van der Waals surface area contributed by atoms with Crippen molar-refractivity contribution in [1.82, 2.24) is 10.9 Å². The first-order valence-electron chi connectivity index (χ1n) is 8.79. The lowest BCUT2D eigenvalue weighted by atomic mass is 9.80. The molecule has 0 heterocycles. The van der Waals surface area contributed by atoms with Gasteiger partial charge in [-0.25, -0.2) is 5.43 Å². The lowest BCUT2D eigenvalue weighted by Gasteiger charge is -2.36. The average molecular weight is 344 g/mol. The molecule has 0 aliphatic carbocycles. The maximum Gasteiger partial charge on any atom is 0.265 e. The van der Waals surface area contributed by atoms with Gasteiger partial charge in [0.05, 0.1) is 5.54 Å². The molecule has 0 fully saturated rings. The van der Waals surface area contributed by atoms with Gasteiger partial charge in [-0.2, -0.15) is 0 Å². The van der Waals surface area contributed by atoms with Crippen molar-refractivity contribution >= 4 is 16.7 Å². The highest BCUT2D eigenvalue weighted by Crippen LogP contribution is 2.31. The normalized spacial score (nSPS) is 14.4. The molecule has 0 aliphatic heterocycles. The van der Waals surface area contributed by atoms with Gasteiger partial charge in [0.2, 0.25) is 0 Å². The Morgan fingerprint density at radius 3 is 2.35 bits per heavy atom. The lowest BCUT2D eigenvalue weighted by Crippen LogP contribution is -2.53. The van der Waals surface area contributed by atoms with Crippen LogP contribution in [0.15, 0.2) is 85.5 Å². The highest BCUT2D eigenvalue weighted by Gasteiger charge is 2.32. The molecule has 0 spiro atoms. The Bertz CT molecular complexity index is 920. The summed E-state index contributed by atoms with van der Waals surface area (Å²) in [5, 5.41) is 2.36. The number of hydrazine groups is 1. The van der Waals surface area contributed by atoms with Crippen LogP contribution in [0.25, 0.3) is 10.8 Å². The number of carbonyl (C=O) groups excluding carboxylic acids is 1. The third-order valence-corrected chi connectivity index (χ3v) is 5.09.